The zero-order valence-corrected chi connectivity index (χ0v) is 9.79. The molecule has 0 aliphatic carbocycles. The molecule has 1 amide bonds. The van der Waals surface area contributed by atoms with E-state index in [1.165, 1.54) is 6.42 Å². The van der Waals surface area contributed by atoms with Gasteiger partial charge in [0.2, 0.25) is 5.91 Å². The number of rotatable bonds is 6. The minimum atomic E-state index is 0.112. The van der Waals surface area contributed by atoms with Gasteiger partial charge in [-0.15, -0.1) is 0 Å². The van der Waals surface area contributed by atoms with Crippen molar-refractivity contribution in [2.45, 2.75) is 19.8 Å². The Hall–Kier alpha value is -0.610. The average molecular weight is 214 g/mol. The van der Waals surface area contributed by atoms with Crippen LogP contribution in [0.2, 0.25) is 0 Å². The first-order valence-electron chi connectivity index (χ1n) is 5.77. The van der Waals surface area contributed by atoms with Crippen molar-refractivity contribution in [1.29, 1.82) is 0 Å². The Labute approximate surface area is 92.0 Å². The first-order valence-corrected chi connectivity index (χ1v) is 5.77. The third-order valence-electron chi connectivity index (χ3n) is 2.89. The van der Waals surface area contributed by atoms with E-state index in [0.717, 1.165) is 32.7 Å². The molecule has 1 unspecified atom stereocenters. The second kappa shape index (κ2) is 6.80. The van der Waals surface area contributed by atoms with Crippen LogP contribution in [-0.2, 0) is 9.53 Å². The number of carbonyl (C=O) groups is 1. The maximum atomic E-state index is 11.2. The Balaban J connectivity index is 2.12. The second-order valence-corrected chi connectivity index (χ2v) is 4.05. The summed E-state index contributed by atoms with van der Waals surface area (Å²) in [5.41, 5.74) is 0. The standard InChI is InChI=1S/C11H22N2O2/c1-3-15-7-5-10-4-6-13(8-10)9-11(14)12-2/h10H,3-9H2,1-2H3,(H,12,14). The van der Waals surface area contributed by atoms with Crippen molar-refractivity contribution in [3.63, 3.8) is 0 Å². The number of nitrogens with zero attached hydrogens (tertiary/aromatic N) is 1. The van der Waals surface area contributed by atoms with E-state index < -0.39 is 0 Å². The summed E-state index contributed by atoms with van der Waals surface area (Å²) in [6.07, 6.45) is 2.32. The van der Waals surface area contributed by atoms with Crippen LogP contribution < -0.4 is 5.32 Å². The Kier molecular flexibility index (Phi) is 5.65. The van der Waals surface area contributed by atoms with Crippen molar-refractivity contribution in [2.24, 2.45) is 5.92 Å². The highest BCUT2D eigenvalue weighted by molar-refractivity contribution is 5.77. The van der Waals surface area contributed by atoms with Crippen LogP contribution in [0.1, 0.15) is 19.8 Å². The van der Waals surface area contributed by atoms with Gasteiger partial charge >= 0.3 is 0 Å². The summed E-state index contributed by atoms with van der Waals surface area (Å²) in [5, 5.41) is 2.65. The molecule has 4 nitrogen and oxygen atoms in total. The van der Waals surface area contributed by atoms with Gasteiger partial charge in [-0.1, -0.05) is 0 Å². The molecule has 88 valence electrons. The fraction of sp³-hybridized carbons (Fsp3) is 0.909. The van der Waals surface area contributed by atoms with Crippen molar-refractivity contribution in [1.82, 2.24) is 10.2 Å². The topological polar surface area (TPSA) is 41.6 Å². The molecule has 0 aromatic rings. The monoisotopic (exact) mass is 214 g/mol. The average Bonchev–Trinajstić information content (AvgIpc) is 2.66. The van der Waals surface area contributed by atoms with Gasteiger partial charge < -0.3 is 10.1 Å². The van der Waals surface area contributed by atoms with Gasteiger partial charge in [0, 0.05) is 26.8 Å². The fourth-order valence-corrected chi connectivity index (χ4v) is 1.97. The van der Waals surface area contributed by atoms with Crippen LogP contribution in [0.3, 0.4) is 0 Å². The number of ether oxygens (including phenoxy) is 1. The molecule has 1 rings (SSSR count). The van der Waals surface area contributed by atoms with Gasteiger partial charge in [-0.3, -0.25) is 9.69 Å². The van der Waals surface area contributed by atoms with E-state index in [0.29, 0.717) is 12.5 Å². The third-order valence-corrected chi connectivity index (χ3v) is 2.89. The zero-order chi connectivity index (χ0) is 11.1. The summed E-state index contributed by atoms with van der Waals surface area (Å²) in [5.74, 6) is 0.821. The van der Waals surface area contributed by atoms with Crippen molar-refractivity contribution in [2.75, 3.05) is 39.9 Å². The molecule has 1 aliphatic heterocycles. The molecule has 1 saturated heterocycles. The van der Waals surface area contributed by atoms with E-state index in [1.54, 1.807) is 7.05 Å². The van der Waals surface area contributed by atoms with Gasteiger partial charge in [-0.25, -0.2) is 0 Å². The molecule has 0 radical (unpaired) electrons. The normalized spacial score (nSPS) is 21.9. The van der Waals surface area contributed by atoms with Crippen LogP contribution >= 0.6 is 0 Å². The van der Waals surface area contributed by atoms with Crippen molar-refractivity contribution in [3.05, 3.63) is 0 Å². The van der Waals surface area contributed by atoms with E-state index >= 15 is 0 Å². The van der Waals surface area contributed by atoms with Crippen LogP contribution in [0.4, 0.5) is 0 Å². The maximum Gasteiger partial charge on any atom is 0.233 e. The van der Waals surface area contributed by atoms with Gasteiger partial charge in [0.1, 0.15) is 0 Å². The van der Waals surface area contributed by atoms with Crippen LogP contribution in [0, 0.1) is 5.92 Å². The van der Waals surface area contributed by atoms with E-state index in [4.69, 9.17) is 4.74 Å². The number of hydrogen-bond acceptors (Lipinski definition) is 3. The summed E-state index contributed by atoms with van der Waals surface area (Å²) in [6, 6.07) is 0. The molecule has 1 N–H and O–H groups in total. The van der Waals surface area contributed by atoms with Gasteiger partial charge in [-0.05, 0) is 32.2 Å². The maximum absolute atomic E-state index is 11.2. The highest BCUT2D eigenvalue weighted by atomic mass is 16.5. The summed E-state index contributed by atoms with van der Waals surface area (Å²) < 4.78 is 5.34. The predicted molar refractivity (Wildman–Crippen MR) is 59.7 cm³/mol. The molecule has 1 aliphatic rings. The number of likely N-dealkylation sites (N-methyl/N-ethyl adjacent to an activating group) is 1. The fourth-order valence-electron chi connectivity index (χ4n) is 1.97. The van der Waals surface area contributed by atoms with Crippen molar-refractivity contribution in [3.8, 4) is 0 Å². The molecule has 1 atom stereocenters. The van der Waals surface area contributed by atoms with Gasteiger partial charge in [0.15, 0.2) is 0 Å². The van der Waals surface area contributed by atoms with Gasteiger partial charge in [0.05, 0.1) is 6.54 Å². The molecule has 4 heteroatoms. The molecule has 0 aromatic carbocycles. The van der Waals surface area contributed by atoms with Crippen LogP contribution in [0.15, 0.2) is 0 Å². The first-order chi connectivity index (χ1) is 7.26. The van der Waals surface area contributed by atoms with Crippen molar-refractivity contribution >= 4 is 5.91 Å². The Morgan fingerprint density at radius 1 is 1.60 bits per heavy atom. The number of nitrogens with one attached hydrogen (secondary N) is 1. The molecule has 1 fully saturated rings. The lowest BCUT2D eigenvalue weighted by Crippen LogP contribution is -2.34. The molecule has 0 bridgehead atoms. The molecular weight excluding hydrogens is 192 g/mol. The Morgan fingerprint density at radius 3 is 3.07 bits per heavy atom. The smallest absolute Gasteiger partial charge is 0.233 e. The molecular formula is C11H22N2O2. The third kappa shape index (κ3) is 4.62. The molecule has 0 spiro atoms. The minimum absolute atomic E-state index is 0.112. The SMILES string of the molecule is CCOCCC1CCN(CC(=O)NC)C1. The number of likely N-dealkylation sites (tertiary alicyclic amines) is 1. The van der Waals surface area contributed by atoms with E-state index in [9.17, 15) is 4.79 Å². The lowest BCUT2D eigenvalue weighted by molar-refractivity contribution is -0.121. The Morgan fingerprint density at radius 2 is 2.40 bits per heavy atom. The zero-order valence-electron chi connectivity index (χ0n) is 9.79. The second-order valence-electron chi connectivity index (χ2n) is 4.05. The summed E-state index contributed by atoms with van der Waals surface area (Å²) >= 11 is 0. The molecule has 1 heterocycles. The molecule has 0 saturated carbocycles. The van der Waals surface area contributed by atoms with Gasteiger partial charge in [0.25, 0.3) is 0 Å². The van der Waals surface area contributed by atoms with E-state index in [1.807, 2.05) is 6.92 Å². The molecule has 15 heavy (non-hydrogen) atoms. The largest absolute Gasteiger partial charge is 0.382 e. The summed E-state index contributed by atoms with van der Waals surface area (Å²) in [4.78, 5) is 13.4. The van der Waals surface area contributed by atoms with Crippen LogP contribution in [0.25, 0.3) is 0 Å². The van der Waals surface area contributed by atoms with E-state index in [-0.39, 0.29) is 5.91 Å². The van der Waals surface area contributed by atoms with Crippen LogP contribution in [-0.4, -0.2) is 50.7 Å². The number of hydrogen-bond donors (Lipinski definition) is 1. The number of amides is 1. The lowest BCUT2D eigenvalue weighted by Gasteiger charge is -2.14. The van der Waals surface area contributed by atoms with E-state index in [2.05, 4.69) is 10.2 Å². The number of carbonyl (C=O) groups excluding carboxylic acids is 1. The highest BCUT2D eigenvalue weighted by Gasteiger charge is 2.23. The van der Waals surface area contributed by atoms with Crippen LogP contribution in [0.5, 0.6) is 0 Å². The molecule has 0 aromatic heterocycles. The first kappa shape index (κ1) is 12.5. The minimum Gasteiger partial charge on any atom is -0.382 e. The summed E-state index contributed by atoms with van der Waals surface area (Å²) in [7, 11) is 1.69. The quantitative estimate of drug-likeness (QED) is 0.654. The Bertz CT molecular complexity index is 197. The van der Waals surface area contributed by atoms with Crippen molar-refractivity contribution < 1.29 is 9.53 Å². The lowest BCUT2D eigenvalue weighted by atomic mass is 10.1. The predicted octanol–water partition coefficient (Wildman–Crippen LogP) is 0.481. The highest BCUT2D eigenvalue weighted by Crippen LogP contribution is 2.18. The van der Waals surface area contributed by atoms with Gasteiger partial charge in [-0.2, -0.15) is 0 Å². The summed E-state index contributed by atoms with van der Waals surface area (Å²) in [6.45, 7) is 6.31.